The molecule has 0 radical (unpaired) electrons. The van der Waals surface area contributed by atoms with Gasteiger partial charge in [-0.1, -0.05) is 0 Å². The van der Waals surface area contributed by atoms with Crippen LogP contribution in [0.3, 0.4) is 0 Å². The van der Waals surface area contributed by atoms with Crippen molar-refractivity contribution in [3.63, 3.8) is 0 Å². The third kappa shape index (κ3) is 3.10. The summed E-state index contributed by atoms with van der Waals surface area (Å²) < 4.78 is 5.23. The highest BCUT2D eigenvalue weighted by molar-refractivity contribution is 7.80. The number of amides is 1. The lowest BCUT2D eigenvalue weighted by Crippen LogP contribution is -2.37. The second kappa shape index (κ2) is 3.78. The van der Waals surface area contributed by atoms with Crippen molar-refractivity contribution < 1.29 is 9.53 Å². The molecule has 0 spiro atoms. The first-order valence-electron chi connectivity index (χ1n) is 4.58. The van der Waals surface area contributed by atoms with Gasteiger partial charge < -0.3 is 4.74 Å². The smallest absolute Gasteiger partial charge is 0.411 e. The van der Waals surface area contributed by atoms with Gasteiger partial charge in [0, 0.05) is 6.54 Å². The summed E-state index contributed by atoms with van der Waals surface area (Å²) in [6.45, 7) is 6.38. The quantitative estimate of drug-likeness (QED) is 0.612. The summed E-state index contributed by atoms with van der Waals surface area (Å²) in [6.07, 6.45) is 1.74. The highest BCUT2D eigenvalue weighted by Gasteiger charge is 2.29. The fraction of sp³-hybridized carbons (Fsp3) is 0.889. The molecule has 0 aromatic rings. The Kier molecular flexibility index (Phi) is 3.11. The molecule has 0 aliphatic carbocycles. The summed E-state index contributed by atoms with van der Waals surface area (Å²) in [5, 5.41) is 0.0369. The Hall–Kier alpha value is -0.380. The Labute approximate surface area is 84.8 Å². The van der Waals surface area contributed by atoms with E-state index in [2.05, 4.69) is 12.6 Å². The Morgan fingerprint density at radius 3 is 2.54 bits per heavy atom. The van der Waals surface area contributed by atoms with Gasteiger partial charge in [-0.05, 0) is 33.6 Å². The highest BCUT2D eigenvalue weighted by atomic mass is 32.1. The zero-order valence-electron chi connectivity index (χ0n) is 8.41. The number of carbonyl (C=O) groups excluding carboxylic acids is 1. The van der Waals surface area contributed by atoms with Gasteiger partial charge in [0.15, 0.2) is 0 Å². The van der Waals surface area contributed by atoms with E-state index in [0.29, 0.717) is 0 Å². The summed E-state index contributed by atoms with van der Waals surface area (Å²) in [5.74, 6) is 0. The average molecular weight is 203 g/mol. The van der Waals surface area contributed by atoms with Gasteiger partial charge in [0.2, 0.25) is 0 Å². The topological polar surface area (TPSA) is 29.5 Å². The van der Waals surface area contributed by atoms with Crippen LogP contribution in [-0.2, 0) is 4.74 Å². The fourth-order valence-corrected chi connectivity index (χ4v) is 1.67. The first-order valence-corrected chi connectivity index (χ1v) is 5.09. The molecule has 13 heavy (non-hydrogen) atoms. The van der Waals surface area contributed by atoms with Crippen molar-refractivity contribution >= 4 is 18.7 Å². The largest absolute Gasteiger partial charge is 0.444 e. The van der Waals surface area contributed by atoms with E-state index < -0.39 is 5.60 Å². The average Bonchev–Trinajstić information content (AvgIpc) is 2.30. The van der Waals surface area contributed by atoms with Crippen LogP contribution in [0.25, 0.3) is 0 Å². The van der Waals surface area contributed by atoms with E-state index in [9.17, 15) is 4.79 Å². The van der Waals surface area contributed by atoms with E-state index in [1.54, 1.807) is 4.90 Å². The first kappa shape index (κ1) is 10.7. The number of hydrogen-bond acceptors (Lipinski definition) is 3. The second-order valence-corrected chi connectivity index (χ2v) is 4.89. The zero-order chi connectivity index (χ0) is 10.1. The van der Waals surface area contributed by atoms with Crippen LogP contribution in [0, 0.1) is 0 Å². The lowest BCUT2D eigenvalue weighted by atomic mass is 10.2. The Morgan fingerprint density at radius 1 is 1.54 bits per heavy atom. The van der Waals surface area contributed by atoms with Crippen LogP contribution in [0.5, 0.6) is 0 Å². The van der Waals surface area contributed by atoms with Crippen LogP contribution in [0.15, 0.2) is 0 Å². The lowest BCUT2D eigenvalue weighted by Gasteiger charge is -2.26. The maximum Gasteiger partial charge on any atom is 0.411 e. The molecule has 1 aliphatic heterocycles. The molecule has 0 bridgehead atoms. The molecule has 1 amide bonds. The summed E-state index contributed by atoms with van der Waals surface area (Å²) in [6, 6.07) is 0. The van der Waals surface area contributed by atoms with Crippen LogP contribution in [0.2, 0.25) is 0 Å². The minimum Gasteiger partial charge on any atom is -0.444 e. The molecule has 3 nitrogen and oxygen atoms in total. The number of hydrogen-bond donors (Lipinski definition) is 1. The Morgan fingerprint density at radius 2 is 2.15 bits per heavy atom. The molecule has 0 aromatic carbocycles. The van der Waals surface area contributed by atoms with Crippen molar-refractivity contribution in [2.75, 3.05) is 6.54 Å². The van der Waals surface area contributed by atoms with E-state index in [4.69, 9.17) is 4.74 Å². The van der Waals surface area contributed by atoms with Gasteiger partial charge in [-0.2, -0.15) is 12.6 Å². The molecule has 0 N–H and O–H groups in total. The molecule has 1 fully saturated rings. The number of thiol groups is 1. The van der Waals surface area contributed by atoms with Crippen LogP contribution < -0.4 is 0 Å². The number of likely N-dealkylation sites (tertiary alicyclic amines) is 1. The predicted molar refractivity (Wildman–Crippen MR) is 54.9 cm³/mol. The normalized spacial score (nSPS) is 23.4. The van der Waals surface area contributed by atoms with Crippen LogP contribution in [-0.4, -0.2) is 28.5 Å². The maximum absolute atomic E-state index is 11.5. The lowest BCUT2D eigenvalue weighted by molar-refractivity contribution is 0.0278. The van der Waals surface area contributed by atoms with Gasteiger partial charge in [-0.3, -0.25) is 4.90 Å². The third-order valence-corrected chi connectivity index (χ3v) is 2.39. The predicted octanol–water partition coefficient (Wildman–Crippen LogP) is 2.27. The molecule has 76 valence electrons. The SMILES string of the molecule is CC(C)(C)OC(=O)N1CCCC1S. The number of nitrogens with zero attached hydrogens (tertiary/aromatic N) is 1. The summed E-state index contributed by atoms with van der Waals surface area (Å²) in [4.78, 5) is 13.2. The molecule has 1 saturated heterocycles. The summed E-state index contributed by atoms with van der Waals surface area (Å²) >= 11 is 4.30. The second-order valence-electron chi connectivity index (χ2n) is 4.30. The molecular formula is C9H17NO2S. The number of carbonyl (C=O) groups is 1. The fourth-order valence-electron chi connectivity index (χ4n) is 1.28. The van der Waals surface area contributed by atoms with Gasteiger partial charge in [0.1, 0.15) is 5.60 Å². The minimum absolute atomic E-state index is 0.0369. The zero-order valence-corrected chi connectivity index (χ0v) is 9.30. The van der Waals surface area contributed by atoms with E-state index in [-0.39, 0.29) is 11.5 Å². The van der Waals surface area contributed by atoms with E-state index in [1.807, 2.05) is 20.8 Å². The molecule has 1 aliphatic rings. The summed E-state index contributed by atoms with van der Waals surface area (Å²) in [7, 11) is 0. The van der Waals surface area contributed by atoms with E-state index in [0.717, 1.165) is 19.4 Å². The first-order chi connectivity index (χ1) is 5.90. The molecule has 1 heterocycles. The monoisotopic (exact) mass is 203 g/mol. The third-order valence-electron chi connectivity index (χ3n) is 1.85. The van der Waals surface area contributed by atoms with Gasteiger partial charge in [0.25, 0.3) is 0 Å². The molecule has 1 rings (SSSR count). The van der Waals surface area contributed by atoms with Crippen molar-refractivity contribution in [2.24, 2.45) is 0 Å². The minimum atomic E-state index is -0.410. The molecule has 0 saturated carbocycles. The summed E-state index contributed by atoms with van der Waals surface area (Å²) in [5.41, 5.74) is -0.410. The van der Waals surface area contributed by atoms with Crippen LogP contribution in [0.1, 0.15) is 33.6 Å². The molecule has 1 unspecified atom stereocenters. The van der Waals surface area contributed by atoms with Crippen LogP contribution in [0.4, 0.5) is 4.79 Å². The van der Waals surface area contributed by atoms with Crippen molar-refractivity contribution in [1.82, 2.24) is 4.90 Å². The molecule has 0 aromatic heterocycles. The van der Waals surface area contributed by atoms with Crippen molar-refractivity contribution in [3.05, 3.63) is 0 Å². The molecular weight excluding hydrogens is 186 g/mol. The Bertz CT molecular complexity index is 200. The van der Waals surface area contributed by atoms with Crippen molar-refractivity contribution in [2.45, 2.75) is 44.6 Å². The van der Waals surface area contributed by atoms with Crippen molar-refractivity contribution in [3.8, 4) is 0 Å². The van der Waals surface area contributed by atoms with Gasteiger partial charge >= 0.3 is 6.09 Å². The van der Waals surface area contributed by atoms with Gasteiger partial charge in [-0.25, -0.2) is 4.79 Å². The molecule has 4 heteroatoms. The standard InChI is InChI=1S/C9H17NO2S/c1-9(2,3)12-8(11)10-6-4-5-7(10)13/h7,13H,4-6H2,1-3H3. The van der Waals surface area contributed by atoms with Gasteiger partial charge in [0.05, 0.1) is 5.37 Å². The van der Waals surface area contributed by atoms with Crippen molar-refractivity contribution in [1.29, 1.82) is 0 Å². The van der Waals surface area contributed by atoms with E-state index in [1.165, 1.54) is 0 Å². The maximum atomic E-state index is 11.5. The molecule has 1 atom stereocenters. The van der Waals surface area contributed by atoms with Gasteiger partial charge in [-0.15, -0.1) is 0 Å². The Balaban J connectivity index is 2.48. The number of ether oxygens (including phenoxy) is 1. The van der Waals surface area contributed by atoms with Crippen LogP contribution >= 0.6 is 12.6 Å². The number of rotatable bonds is 0. The highest BCUT2D eigenvalue weighted by Crippen LogP contribution is 2.22. The van der Waals surface area contributed by atoms with E-state index >= 15 is 0 Å².